The Balaban J connectivity index is 2.08. The Morgan fingerprint density at radius 1 is 1.67 bits per heavy atom. The van der Waals surface area contributed by atoms with Crippen LogP contribution in [0.4, 0.5) is 0 Å². The van der Waals surface area contributed by atoms with Crippen LogP contribution in [0.2, 0.25) is 0 Å². The van der Waals surface area contributed by atoms with E-state index in [0.29, 0.717) is 0 Å². The zero-order valence-electron chi connectivity index (χ0n) is 6.11. The van der Waals surface area contributed by atoms with Crippen molar-refractivity contribution >= 4 is 0 Å². The SMILES string of the molecule is CNCC1CCCNC1. The molecule has 1 unspecified atom stereocenters. The van der Waals surface area contributed by atoms with Gasteiger partial charge in [-0.25, -0.2) is 0 Å². The van der Waals surface area contributed by atoms with Gasteiger partial charge in [0.05, 0.1) is 0 Å². The Hall–Kier alpha value is -0.0800. The summed E-state index contributed by atoms with van der Waals surface area (Å²) in [6.07, 6.45) is 2.75. The summed E-state index contributed by atoms with van der Waals surface area (Å²) in [7, 11) is 2.02. The summed E-state index contributed by atoms with van der Waals surface area (Å²) in [5, 5.41) is 6.58. The number of hydrogen-bond acceptors (Lipinski definition) is 2. The first kappa shape index (κ1) is 7.03. The zero-order chi connectivity index (χ0) is 6.53. The molecule has 1 heterocycles. The molecular formula is C7H16N2. The van der Waals surface area contributed by atoms with Gasteiger partial charge < -0.3 is 10.6 Å². The fourth-order valence-electron chi connectivity index (χ4n) is 1.39. The number of rotatable bonds is 2. The maximum atomic E-state index is 3.38. The minimum atomic E-state index is 0.878. The summed E-state index contributed by atoms with van der Waals surface area (Å²) in [6.45, 7) is 3.61. The monoisotopic (exact) mass is 128 g/mol. The van der Waals surface area contributed by atoms with Crippen LogP contribution < -0.4 is 10.6 Å². The lowest BCUT2D eigenvalue weighted by Crippen LogP contribution is -2.34. The van der Waals surface area contributed by atoms with E-state index in [0.717, 1.165) is 5.92 Å². The van der Waals surface area contributed by atoms with E-state index in [9.17, 15) is 0 Å². The van der Waals surface area contributed by atoms with Gasteiger partial charge in [0, 0.05) is 0 Å². The van der Waals surface area contributed by atoms with Crippen LogP contribution in [0, 0.1) is 5.92 Å². The van der Waals surface area contributed by atoms with Gasteiger partial charge in [0.1, 0.15) is 0 Å². The predicted molar refractivity (Wildman–Crippen MR) is 39.5 cm³/mol. The van der Waals surface area contributed by atoms with Crippen molar-refractivity contribution in [1.29, 1.82) is 0 Å². The molecule has 9 heavy (non-hydrogen) atoms. The van der Waals surface area contributed by atoms with Crippen LogP contribution in [0.3, 0.4) is 0 Å². The highest BCUT2D eigenvalue weighted by molar-refractivity contribution is 4.69. The van der Waals surface area contributed by atoms with Crippen LogP contribution >= 0.6 is 0 Å². The fourth-order valence-corrected chi connectivity index (χ4v) is 1.39. The van der Waals surface area contributed by atoms with Crippen LogP contribution in [-0.4, -0.2) is 26.7 Å². The van der Waals surface area contributed by atoms with Gasteiger partial charge in [0.2, 0.25) is 0 Å². The summed E-state index contributed by atoms with van der Waals surface area (Å²) >= 11 is 0. The molecule has 0 amide bonds. The molecule has 1 aliphatic rings. The first-order chi connectivity index (χ1) is 4.43. The molecule has 1 saturated heterocycles. The van der Waals surface area contributed by atoms with Gasteiger partial charge in [-0.2, -0.15) is 0 Å². The lowest BCUT2D eigenvalue weighted by atomic mass is 10.00. The Morgan fingerprint density at radius 3 is 3.11 bits per heavy atom. The first-order valence-electron chi connectivity index (χ1n) is 3.79. The van der Waals surface area contributed by atoms with Crippen LogP contribution in [-0.2, 0) is 0 Å². The van der Waals surface area contributed by atoms with Crippen LogP contribution in [0.5, 0.6) is 0 Å². The van der Waals surface area contributed by atoms with Crippen molar-refractivity contribution in [1.82, 2.24) is 10.6 Å². The molecule has 54 valence electrons. The van der Waals surface area contributed by atoms with E-state index in [2.05, 4.69) is 10.6 Å². The topological polar surface area (TPSA) is 24.1 Å². The van der Waals surface area contributed by atoms with Gasteiger partial charge in [-0.1, -0.05) is 0 Å². The van der Waals surface area contributed by atoms with Gasteiger partial charge in [-0.05, 0) is 45.4 Å². The number of hydrogen-bond donors (Lipinski definition) is 2. The smallest absolute Gasteiger partial charge is 0.000837 e. The summed E-state index contributed by atoms with van der Waals surface area (Å²) in [5.41, 5.74) is 0. The molecule has 1 atom stereocenters. The zero-order valence-corrected chi connectivity index (χ0v) is 6.11. The minimum absolute atomic E-state index is 0.878. The predicted octanol–water partition coefficient (Wildman–Crippen LogP) is 0.205. The Labute approximate surface area is 57.0 Å². The quantitative estimate of drug-likeness (QED) is 0.555. The van der Waals surface area contributed by atoms with Crippen molar-refractivity contribution in [3.63, 3.8) is 0 Å². The van der Waals surface area contributed by atoms with Crippen molar-refractivity contribution in [3.05, 3.63) is 0 Å². The molecule has 0 aromatic carbocycles. The summed E-state index contributed by atoms with van der Waals surface area (Å²) in [6, 6.07) is 0. The van der Waals surface area contributed by atoms with Gasteiger partial charge in [-0.15, -0.1) is 0 Å². The summed E-state index contributed by atoms with van der Waals surface area (Å²) in [4.78, 5) is 0. The second-order valence-electron chi connectivity index (χ2n) is 2.77. The van der Waals surface area contributed by atoms with Gasteiger partial charge in [0.15, 0.2) is 0 Å². The normalized spacial score (nSPS) is 28.3. The van der Waals surface area contributed by atoms with Crippen molar-refractivity contribution in [2.45, 2.75) is 12.8 Å². The van der Waals surface area contributed by atoms with Gasteiger partial charge in [-0.3, -0.25) is 0 Å². The molecule has 2 heteroatoms. The van der Waals surface area contributed by atoms with Crippen molar-refractivity contribution in [2.24, 2.45) is 5.92 Å². The highest BCUT2D eigenvalue weighted by Gasteiger charge is 2.10. The van der Waals surface area contributed by atoms with Crippen molar-refractivity contribution in [3.8, 4) is 0 Å². The summed E-state index contributed by atoms with van der Waals surface area (Å²) in [5.74, 6) is 0.878. The fraction of sp³-hybridized carbons (Fsp3) is 1.00. The van der Waals surface area contributed by atoms with Crippen LogP contribution in [0.1, 0.15) is 12.8 Å². The second-order valence-corrected chi connectivity index (χ2v) is 2.77. The molecule has 0 spiro atoms. The molecule has 2 N–H and O–H groups in total. The van der Waals surface area contributed by atoms with Gasteiger partial charge in [0.25, 0.3) is 0 Å². The summed E-state index contributed by atoms with van der Waals surface area (Å²) < 4.78 is 0. The minimum Gasteiger partial charge on any atom is -0.319 e. The molecule has 0 radical (unpaired) electrons. The van der Waals surface area contributed by atoms with E-state index in [1.165, 1.54) is 32.5 Å². The Bertz CT molecular complexity index is 64.6. The lowest BCUT2D eigenvalue weighted by Gasteiger charge is -2.21. The largest absolute Gasteiger partial charge is 0.319 e. The third-order valence-electron chi connectivity index (χ3n) is 1.89. The third-order valence-corrected chi connectivity index (χ3v) is 1.89. The standard InChI is InChI=1S/C7H16N2/c1-8-5-7-3-2-4-9-6-7/h7-9H,2-6H2,1H3. The van der Waals surface area contributed by atoms with E-state index in [4.69, 9.17) is 0 Å². The average molecular weight is 128 g/mol. The lowest BCUT2D eigenvalue weighted by molar-refractivity contribution is 0.368. The Kier molecular flexibility index (Phi) is 3.01. The van der Waals surface area contributed by atoms with Crippen LogP contribution in [0.15, 0.2) is 0 Å². The van der Waals surface area contributed by atoms with E-state index in [-0.39, 0.29) is 0 Å². The second kappa shape index (κ2) is 3.85. The van der Waals surface area contributed by atoms with E-state index >= 15 is 0 Å². The third kappa shape index (κ3) is 2.33. The molecule has 1 rings (SSSR count). The number of piperidine rings is 1. The van der Waals surface area contributed by atoms with Crippen molar-refractivity contribution in [2.75, 3.05) is 26.7 Å². The molecule has 2 nitrogen and oxygen atoms in total. The number of nitrogens with one attached hydrogen (secondary N) is 2. The molecule has 0 aromatic heterocycles. The van der Waals surface area contributed by atoms with E-state index < -0.39 is 0 Å². The van der Waals surface area contributed by atoms with E-state index in [1.807, 2.05) is 7.05 Å². The Morgan fingerprint density at radius 2 is 2.56 bits per heavy atom. The molecule has 0 aromatic rings. The molecule has 0 bridgehead atoms. The first-order valence-corrected chi connectivity index (χ1v) is 3.79. The van der Waals surface area contributed by atoms with Crippen LogP contribution in [0.25, 0.3) is 0 Å². The highest BCUT2D eigenvalue weighted by Crippen LogP contribution is 2.07. The molecule has 1 aliphatic heterocycles. The molecular weight excluding hydrogens is 112 g/mol. The highest BCUT2D eigenvalue weighted by atomic mass is 14.9. The molecule has 0 saturated carbocycles. The molecule has 1 fully saturated rings. The maximum Gasteiger partial charge on any atom is -0.000837 e. The maximum absolute atomic E-state index is 3.38. The average Bonchev–Trinajstić information content (AvgIpc) is 1.91. The van der Waals surface area contributed by atoms with E-state index in [1.54, 1.807) is 0 Å². The van der Waals surface area contributed by atoms with Crippen molar-refractivity contribution < 1.29 is 0 Å². The molecule has 0 aliphatic carbocycles. The van der Waals surface area contributed by atoms with Gasteiger partial charge >= 0.3 is 0 Å².